The van der Waals surface area contributed by atoms with Gasteiger partial charge < -0.3 is 24.3 Å². The summed E-state index contributed by atoms with van der Waals surface area (Å²) >= 11 is 0. The fraction of sp³-hybridized carbons (Fsp3) is 0.704. The molecule has 0 aromatic rings. The molecule has 0 aromatic carbocycles. The standard InChI is InChI=1S/C17H31N3O11.2C2H4.6CH4/c1-25-19-16(23)28-12-14(13-29-17(24)20-26-2)31-30-10-5-6-15(22)18-7-11-27-9-4-3-8-21;2*1-2;;;;;;/h8,14H,3-7,9-13H2,1-2H3,(H,18,22)(H,19,23)(H,20,24);2*1-2H2;6*1H4. The van der Waals surface area contributed by atoms with Crippen molar-refractivity contribution in [2.24, 2.45) is 0 Å². The number of hydroxylamine groups is 2. The number of carbonyl (C=O) groups excluding carboxylic acids is 4. The van der Waals surface area contributed by atoms with Gasteiger partial charge in [-0.15, -0.1) is 26.3 Å². The molecule has 0 aliphatic carbocycles. The quantitative estimate of drug-likeness (QED) is 0.0582. The van der Waals surface area contributed by atoms with Crippen molar-refractivity contribution in [1.82, 2.24) is 16.3 Å². The van der Waals surface area contributed by atoms with E-state index in [1.54, 1.807) is 0 Å². The van der Waals surface area contributed by atoms with Crippen LogP contribution in [0.25, 0.3) is 0 Å². The van der Waals surface area contributed by atoms with Crippen molar-refractivity contribution in [3.05, 3.63) is 26.3 Å². The molecule has 0 aliphatic rings. The Hall–Kier alpha value is -3.04. The summed E-state index contributed by atoms with van der Waals surface area (Å²) in [6, 6.07) is 0. The number of carbonyl (C=O) groups is 4. The van der Waals surface area contributed by atoms with Crippen LogP contribution in [0.4, 0.5) is 9.59 Å². The molecule has 3 N–H and O–H groups in total. The molecule has 0 unspecified atom stereocenters. The van der Waals surface area contributed by atoms with Gasteiger partial charge in [0.05, 0.1) is 27.4 Å². The molecule has 0 rings (SSSR count). The fourth-order valence-electron chi connectivity index (χ4n) is 1.82. The molecule has 3 amide bonds. The second-order valence-electron chi connectivity index (χ2n) is 5.72. The summed E-state index contributed by atoms with van der Waals surface area (Å²) < 4.78 is 14.9. The van der Waals surface area contributed by atoms with E-state index in [0.29, 0.717) is 39.0 Å². The minimum atomic E-state index is -0.935. The van der Waals surface area contributed by atoms with Crippen LogP contribution in [0.1, 0.15) is 70.2 Å². The Morgan fingerprint density at radius 2 is 1.24 bits per heavy atom. The van der Waals surface area contributed by atoms with Crippen molar-refractivity contribution in [3.8, 4) is 0 Å². The number of amides is 3. The van der Waals surface area contributed by atoms with Crippen LogP contribution >= 0.6 is 0 Å². The molecule has 0 fully saturated rings. The van der Waals surface area contributed by atoms with Crippen LogP contribution in [0.2, 0.25) is 0 Å². The van der Waals surface area contributed by atoms with Gasteiger partial charge in [-0.1, -0.05) is 44.6 Å². The third-order valence-corrected chi connectivity index (χ3v) is 3.19. The molecule has 0 bridgehead atoms. The first-order valence-electron chi connectivity index (χ1n) is 10.5. The minimum Gasteiger partial charge on any atom is -0.445 e. The molecule has 0 aliphatic heterocycles. The van der Waals surface area contributed by atoms with Crippen LogP contribution in [0, 0.1) is 0 Å². The maximum absolute atomic E-state index is 11.7. The number of hydrogen-bond acceptors (Lipinski definition) is 11. The van der Waals surface area contributed by atoms with Gasteiger partial charge >= 0.3 is 12.2 Å². The van der Waals surface area contributed by atoms with Crippen LogP contribution < -0.4 is 16.3 Å². The monoisotopic (exact) mass is 605 g/mol. The van der Waals surface area contributed by atoms with E-state index in [2.05, 4.69) is 41.3 Å². The van der Waals surface area contributed by atoms with Crippen molar-refractivity contribution in [2.45, 2.75) is 76.3 Å². The van der Waals surface area contributed by atoms with Gasteiger partial charge in [0.2, 0.25) is 5.91 Å². The SMILES string of the molecule is C.C.C.C.C.C.C=C.C=C.CONC(=O)OCC(COC(=O)NOC)OOCCCC(=O)NCCOCCCC=O. The summed E-state index contributed by atoms with van der Waals surface area (Å²) in [6.07, 6.45) is -0.198. The third kappa shape index (κ3) is 50.3. The summed E-state index contributed by atoms with van der Waals surface area (Å²) in [7, 11) is 2.46. The van der Waals surface area contributed by atoms with E-state index >= 15 is 0 Å². The summed E-state index contributed by atoms with van der Waals surface area (Å²) in [6.45, 7) is 12.7. The molecule has 0 aromatic heterocycles. The van der Waals surface area contributed by atoms with Crippen LogP contribution in [0.15, 0.2) is 26.3 Å². The molecule has 41 heavy (non-hydrogen) atoms. The molecular weight excluding hydrogens is 542 g/mol. The predicted octanol–water partition coefficient (Wildman–Crippen LogP) is 5.19. The van der Waals surface area contributed by atoms with Crippen LogP contribution in [0.3, 0.4) is 0 Å². The second-order valence-corrected chi connectivity index (χ2v) is 5.72. The van der Waals surface area contributed by atoms with Gasteiger partial charge in [0.25, 0.3) is 0 Å². The molecule has 0 saturated carbocycles. The Labute approximate surface area is 250 Å². The average Bonchev–Trinajstić information content (AvgIpc) is 2.87. The van der Waals surface area contributed by atoms with Gasteiger partial charge in [-0.25, -0.2) is 19.4 Å². The van der Waals surface area contributed by atoms with Crippen molar-refractivity contribution >= 4 is 24.4 Å². The lowest BCUT2D eigenvalue weighted by Crippen LogP contribution is -2.34. The molecule has 0 radical (unpaired) electrons. The van der Waals surface area contributed by atoms with Gasteiger partial charge in [-0.05, 0) is 12.8 Å². The second kappa shape index (κ2) is 53.2. The van der Waals surface area contributed by atoms with Gasteiger partial charge in [-0.2, -0.15) is 11.0 Å². The van der Waals surface area contributed by atoms with E-state index in [0.717, 1.165) is 6.29 Å². The van der Waals surface area contributed by atoms with Crippen molar-refractivity contribution in [3.63, 3.8) is 0 Å². The molecule has 0 spiro atoms. The molecule has 14 heteroatoms. The summed E-state index contributed by atoms with van der Waals surface area (Å²) in [5, 5.41) is 2.68. The Morgan fingerprint density at radius 3 is 1.68 bits per heavy atom. The Balaban J connectivity index is -0.000000139. The first-order chi connectivity index (χ1) is 17.0. The average molecular weight is 606 g/mol. The zero-order valence-corrected chi connectivity index (χ0v) is 20.5. The Kier molecular flexibility index (Phi) is 80.3. The smallest absolute Gasteiger partial charge is 0.431 e. The minimum absolute atomic E-state index is 0. The first-order valence-corrected chi connectivity index (χ1v) is 10.5. The van der Waals surface area contributed by atoms with Crippen LogP contribution in [0.5, 0.6) is 0 Å². The number of nitrogens with one attached hydrogen (secondary N) is 3. The van der Waals surface area contributed by atoms with Crippen LogP contribution in [-0.2, 0) is 43.2 Å². The highest BCUT2D eigenvalue weighted by Gasteiger charge is 2.17. The Bertz CT molecular complexity index is 519. The Morgan fingerprint density at radius 1 is 0.756 bits per heavy atom. The lowest BCUT2D eigenvalue weighted by atomic mass is 10.3. The number of rotatable bonds is 19. The fourth-order valence-corrected chi connectivity index (χ4v) is 1.82. The lowest BCUT2D eigenvalue weighted by molar-refractivity contribution is -0.333. The molecule has 0 saturated heterocycles. The summed E-state index contributed by atoms with van der Waals surface area (Å²) in [5.74, 6) is -0.184. The van der Waals surface area contributed by atoms with Gasteiger partial charge in [0.1, 0.15) is 19.5 Å². The van der Waals surface area contributed by atoms with Gasteiger partial charge in [0.15, 0.2) is 6.10 Å². The van der Waals surface area contributed by atoms with E-state index in [1.807, 2.05) is 11.0 Å². The lowest BCUT2D eigenvalue weighted by Gasteiger charge is -2.16. The van der Waals surface area contributed by atoms with Crippen molar-refractivity contribution in [2.75, 3.05) is 53.8 Å². The largest absolute Gasteiger partial charge is 0.445 e. The third-order valence-electron chi connectivity index (χ3n) is 3.19. The van der Waals surface area contributed by atoms with Crippen LogP contribution in [-0.4, -0.2) is 84.3 Å². The number of ether oxygens (including phenoxy) is 3. The molecule has 0 heterocycles. The summed E-state index contributed by atoms with van der Waals surface area (Å²) in [5.41, 5.74) is 3.89. The highest BCUT2D eigenvalue weighted by atomic mass is 17.2. The van der Waals surface area contributed by atoms with E-state index in [1.165, 1.54) is 14.2 Å². The van der Waals surface area contributed by atoms with E-state index in [9.17, 15) is 19.2 Å². The normalized spacial score (nSPS) is 8.07. The van der Waals surface area contributed by atoms with E-state index < -0.39 is 18.3 Å². The number of aldehydes is 1. The maximum atomic E-state index is 11.7. The van der Waals surface area contributed by atoms with E-state index in [4.69, 9.17) is 24.0 Å². The topological polar surface area (TPSA) is 169 Å². The predicted molar refractivity (Wildman–Crippen MR) is 165 cm³/mol. The van der Waals surface area contributed by atoms with E-state index in [-0.39, 0.29) is 76.7 Å². The zero-order chi connectivity index (χ0) is 27.2. The summed E-state index contributed by atoms with van der Waals surface area (Å²) in [4.78, 5) is 63.2. The highest BCUT2D eigenvalue weighted by Crippen LogP contribution is 2.00. The maximum Gasteiger partial charge on any atom is 0.431 e. The van der Waals surface area contributed by atoms with Crippen molar-refractivity contribution in [1.29, 1.82) is 0 Å². The zero-order valence-electron chi connectivity index (χ0n) is 20.5. The molecular formula is C27H63N3O11. The first kappa shape index (κ1) is 61.8. The van der Waals surface area contributed by atoms with Gasteiger partial charge in [0, 0.05) is 26.0 Å². The number of hydrogen-bond donors (Lipinski definition) is 3. The van der Waals surface area contributed by atoms with Gasteiger partial charge in [-0.3, -0.25) is 14.5 Å². The molecule has 14 nitrogen and oxygen atoms in total. The van der Waals surface area contributed by atoms with Crippen molar-refractivity contribution < 1.29 is 52.8 Å². The molecule has 252 valence electrons. The molecule has 0 atom stereocenters. The number of unbranched alkanes of at least 4 members (excludes halogenated alkanes) is 1. The highest BCUT2D eigenvalue weighted by molar-refractivity contribution is 5.75.